The van der Waals surface area contributed by atoms with Gasteiger partial charge in [0.25, 0.3) is 0 Å². The molecular weight excluding hydrogens is 843 g/mol. The van der Waals surface area contributed by atoms with Crippen molar-refractivity contribution in [2.75, 3.05) is 0 Å². The van der Waals surface area contributed by atoms with E-state index >= 15 is 0 Å². The van der Waals surface area contributed by atoms with Crippen molar-refractivity contribution in [3.63, 3.8) is 0 Å². The van der Waals surface area contributed by atoms with Gasteiger partial charge in [0.2, 0.25) is 5.95 Å². The second-order valence-electron chi connectivity index (χ2n) is 17.5. The lowest BCUT2D eigenvalue weighted by Crippen LogP contribution is -2.03. The van der Waals surface area contributed by atoms with Crippen LogP contribution in [0.25, 0.3) is 128 Å². The van der Waals surface area contributed by atoms with E-state index in [1.165, 1.54) is 10.8 Å². The Morgan fingerprint density at radius 3 is 1.55 bits per heavy atom. The summed E-state index contributed by atoms with van der Waals surface area (Å²) in [6.45, 7) is 0. The molecule has 7 heteroatoms. The summed E-state index contributed by atoms with van der Waals surface area (Å²) in [4.78, 5) is 20.2. The highest BCUT2D eigenvalue weighted by molar-refractivity contribution is 6.13. The Hall–Kier alpha value is -9.46. The van der Waals surface area contributed by atoms with Gasteiger partial charge in [-0.15, -0.1) is 0 Å². The van der Waals surface area contributed by atoms with Crippen LogP contribution in [0.5, 0.6) is 0 Å². The number of hydrogen-bond donors (Lipinski definition) is 0. The minimum absolute atomic E-state index is 0.626. The van der Waals surface area contributed by atoms with Gasteiger partial charge < -0.3 is 9.13 Å². The molecule has 0 radical (unpaired) electrons. The van der Waals surface area contributed by atoms with Crippen LogP contribution in [0, 0.1) is 0 Å². The summed E-state index contributed by atoms with van der Waals surface area (Å²) in [7, 11) is 0. The average molecular weight is 882 g/mol. The number of nitrogens with zero attached hydrogens (tertiary/aromatic N) is 7. The van der Waals surface area contributed by atoms with Gasteiger partial charge in [0.1, 0.15) is 0 Å². The molecule has 69 heavy (non-hydrogen) atoms. The molecule has 0 bridgehead atoms. The van der Waals surface area contributed by atoms with Crippen molar-refractivity contribution in [1.82, 2.24) is 33.6 Å². The Bertz CT molecular complexity index is 4240. The first-order chi connectivity index (χ1) is 34.2. The molecule has 0 unspecified atom stereocenters. The molecule has 0 N–H and O–H groups in total. The number of rotatable bonds is 7. The van der Waals surface area contributed by atoms with E-state index in [2.05, 4.69) is 214 Å². The second kappa shape index (κ2) is 15.6. The number of pyridine rings is 2. The van der Waals surface area contributed by atoms with Crippen molar-refractivity contribution in [3.05, 3.63) is 237 Å². The summed E-state index contributed by atoms with van der Waals surface area (Å²) in [5.41, 5.74) is 17.8. The quantitative estimate of drug-likeness (QED) is 0.160. The SMILES string of the molecule is c1ccc(-c2cc(-c3ccccc3)nc(-n3c4ccccc4c4cc(-c5cncc(-c6ccc7c8ccccc8n(-c8ccc9c(c8)c8ncccc8n9-c8ccccc8)c7c6)c5)ccc43)n2)cc1. The first-order valence-corrected chi connectivity index (χ1v) is 23.2. The highest BCUT2D eigenvalue weighted by Crippen LogP contribution is 2.40. The fourth-order valence-corrected chi connectivity index (χ4v) is 10.4. The first kappa shape index (κ1) is 38.8. The third-order valence-corrected chi connectivity index (χ3v) is 13.6. The van der Waals surface area contributed by atoms with Crippen molar-refractivity contribution >= 4 is 65.5 Å². The van der Waals surface area contributed by atoms with Crippen LogP contribution in [0.15, 0.2) is 237 Å². The average Bonchev–Trinajstić information content (AvgIpc) is 4.06. The smallest absolute Gasteiger partial charge is 0.235 e. The van der Waals surface area contributed by atoms with Crippen LogP contribution in [0.2, 0.25) is 0 Å². The normalized spacial score (nSPS) is 11.8. The van der Waals surface area contributed by atoms with E-state index in [-0.39, 0.29) is 0 Å². The van der Waals surface area contributed by atoms with Gasteiger partial charge in [0.05, 0.1) is 50.0 Å². The summed E-state index contributed by atoms with van der Waals surface area (Å²) in [6, 6.07) is 77.2. The van der Waals surface area contributed by atoms with E-state index in [0.717, 1.165) is 111 Å². The van der Waals surface area contributed by atoms with Crippen molar-refractivity contribution in [2.24, 2.45) is 0 Å². The van der Waals surface area contributed by atoms with Crippen LogP contribution in [0.4, 0.5) is 0 Å². The first-order valence-electron chi connectivity index (χ1n) is 23.2. The minimum Gasteiger partial charge on any atom is -0.309 e. The molecule has 14 aromatic rings. The number of para-hydroxylation sites is 3. The summed E-state index contributed by atoms with van der Waals surface area (Å²) in [5.74, 6) is 0.626. The molecule has 0 saturated heterocycles. The van der Waals surface area contributed by atoms with Gasteiger partial charge in [0, 0.05) is 79.2 Å². The predicted molar refractivity (Wildman–Crippen MR) is 282 cm³/mol. The van der Waals surface area contributed by atoms with Gasteiger partial charge in [-0.2, -0.15) is 0 Å². The Morgan fingerprint density at radius 2 is 0.826 bits per heavy atom. The summed E-state index contributed by atoms with van der Waals surface area (Å²) in [6.07, 6.45) is 5.82. The molecule has 0 spiro atoms. The molecular formula is C62H39N7. The number of fused-ring (bicyclic) bond motifs is 9. The molecule has 6 heterocycles. The number of aromatic nitrogens is 7. The minimum atomic E-state index is 0.626. The van der Waals surface area contributed by atoms with Crippen LogP contribution in [0.3, 0.4) is 0 Å². The van der Waals surface area contributed by atoms with Crippen molar-refractivity contribution in [1.29, 1.82) is 0 Å². The molecule has 0 saturated carbocycles. The molecule has 0 amide bonds. The highest BCUT2D eigenvalue weighted by atomic mass is 15.2. The fraction of sp³-hybridized carbons (Fsp3) is 0. The summed E-state index contributed by atoms with van der Waals surface area (Å²) < 4.78 is 6.90. The van der Waals surface area contributed by atoms with Crippen molar-refractivity contribution in [3.8, 4) is 62.1 Å². The lowest BCUT2D eigenvalue weighted by atomic mass is 9.99. The third kappa shape index (κ3) is 6.29. The van der Waals surface area contributed by atoms with E-state index in [0.29, 0.717) is 5.95 Å². The van der Waals surface area contributed by atoms with E-state index in [4.69, 9.17) is 19.9 Å². The predicted octanol–water partition coefficient (Wildman–Crippen LogP) is 15.2. The van der Waals surface area contributed by atoms with Crippen LogP contribution in [-0.2, 0) is 0 Å². The van der Waals surface area contributed by atoms with Gasteiger partial charge in [0.15, 0.2) is 0 Å². The van der Waals surface area contributed by atoms with E-state index in [1.807, 2.05) is 36.8 Å². The van der Waals surface area contributed by atoms with Crippen LogP contribution >= 0.6 is 0 Å². The topological polar surface area (TPSA) is 66.3 Å². The lowest BCUT2D eigenvalue weighted by Gasteiger charge is -2.12. The van der Waals surface area contributed by atoms with Crippen LogP contribution < -0.4 is 0 Å². The standard InChI is InChI=1S/C62H39N7/c1-4-15-40(16-5-1)53-37-54(41-17-6-2-7-18-41)66-62(65-53)69-56-24-13-11-22-49(56)51-34-42(27-30-57(51)69)44-33-45(39-63-38-44)43-26-29-50-48-21-10-12-23-55(48)68(60(50)35-43)47-28-31-58-52(36-47)61-59(25-14-32-64-61)67(58)46-19-8-3-9-20-46/h1-39H. The van der Waals surface area contributed by atoms with Gasteiger partial charge >= 0.3 is 0 Å². The molecule has 0 aliphatic rings. The Morgan fingerprint density at radius 1 is 0.290 bits per heavy atom. The fourth-order valence-electron chi connectivity index (χ4n) is 10.4. The maximum atomic E-state index is 5.23. The molecule has 14 rings (SSSR count). The zero-order valence-corrected chi connectivity index (χ0v) is 37.1. The largest absolute Gasteiger partial charge is 0.309 e. The van der Waals surface area contributed by atoms with E-state index < -0.39 is 0 Å². The Kier molecular flexibility index (Phi) is 8.75. The van der Waals surface area contributed by atoms with E-state index in [9.17, 15) is 0 Å². The van der Waals surface area contributed by atoms with Gasteiger partial charge in [-0.1, -0.05) is 133 Å². The van der Waals surface area contributed by atoms with Crippen molar-refractivity contribution < 1.29 is 0 Å². The van der Waals surface area contributed by atoms with Crippen LogP contribution in [-0.4, -0.2) is 33.6 Å². The second-order valence-corrected chi connectivity index (χ2v) is 17.5. The van der Waals surface area contributed by atoms with Gasteiger partial charge in [-0.25, -0.2) is 9.97 Å². The highest BCUT2D eigenvalue weighted by Gasteiger charge is 2.20. The molecule has 0 aliphatic heterocycles. The monoisotopic (exact) mass is 881 g/mol. The molecule has 322 valence electrons. The molecule has 8 aromatic carbocycles. The molecule has 0 atom stereocenters. The summed E-state index contributed by atoms with van der Waals surface area (Å²) in [5, 5.41) is 5.76. The van der Waals surface area contributed by atoms with E-state index in [1.54, 1.807) is 0 Å². The molecule has 7 nitrogen and oxygen atoms in total. The zero-order valence-electron chi connectivity index (χ0n) is 37.1. The maximum Gasteiger partial charge on any atom is 0.235 e. The number of benzene rings is 8. The maximum absolute atomic E-state index is 5.23. The molecule has 0 fully saturated rings. The lowest BCUT2D eigenvalue weighted by molar-refractivity contribution is 0.995. The van der Waals surface area contributed by atoms with Gasteiger partial charge in [-0.3, -0.25) is 14.5 Å². The summed E-state index contributed by atoms with van der Waals surface area (Å²) >= 11 is 0. The molecule has 6 aromatic heterocycles. The van der Waals surface area contributed by atoms with Crippen molar-refractivity contribution in [2.45, 2.75) is 0 Å². The van der Waals surface area contributed by atoms with Crippen LogP contribution in [0.1, 0.15) is 0 Å². The molecule has 0 aliphatic carbocycles. The van der Waals surface area contributed by atoms with Gasteiger partial charge in [-0.05, 0) is 96.1 Å². The Labute approximate surface area is 396 Å². The Balaban J connectivity index is 0.890. The number of hydrogen-bond acceptors (Lipinski definition) is 4. The third-order valence-electron chi connectivity index (χ3n) is 13.6. The zero-order chi connectivity index (χ0) is 45.4.